The first kappa shape index (κ1) is 23.2. The summed E-state index contributed by atoms with van der Waals surface area (Å²) >= 11 is 0. The molecule has 162 valence electrons. The predicted molar refractivity (Wildman–Crippen MR) is 107 cm³/mol. The van der Waals surface area contributed by atoms with Crippen molar-refractivity contribution in [3.63, 3.8) is 0 Å². The molecule has 0 aromatic heterocycles. The van der Waals surface area contributed by atoms with Gasteiger partial charge in [-0.15, -0.1) is 0 Å². The van der Waals surface area contributed by atoms with Crippen LogP contribution in [0.4, 0.5) is 23.7 Å². The maximum absolute atomic E-state index is 13.1. The molecule has 0 aliphatic carbocycles. The topological polar surface area (TPSA) is 70.7 Å². The lowest BCUT2D eigenvalue weighted by atomic mass is 10.1. The number of methoxy groups -OCH3 is 1. The molecule has 0 bridgehead atoms. The van der Waals surface area contributed by atoms with E-state index in [-0.39, 0.29) is 24.2 Å². The molecule has 6 nitrogen and oxygen atoms in total. The number of amides is 2. The number of hydrogen-bond acceptors (Lipinski definition) is 4. The highest BCUT2D eigenvalue weighted by Gasteiger charge is 2.34. The van der Waals surface area contributed by atoms with Crippen molar-refractivity contribution < 1.29 is 27.5 Å². The highest BCUT2D eigenvalue weighted by atomic mass is 19.4. The number of nitrogens with one attached hydrogen (secondary N) is 2. The molecular formula is C21H24F3N3O3. The fourth-order valence-electron chi connectivity index (χ4n) is 3.14. The Balaban J connectivity index is 0.000000735. The molecule has 0 saturated carbocycles. The van der Waals surface area contributed by atoms with Crippen LogP contribution in [0.5, 0.6) is 0 Å². The van der Waals surface area contributed by atoms with Crippen molar-refractivity contribution in [1.82, 2.24) is 10.2 Å². The zero-order valence-corrected chi connectivity index (χ0v) is 16.5. The van der Waals surface area contributed by atoms with Crippen LogP contribution in [0.15, 0.2) is 54.6 Å². The first-order chi connectivity index (χ1) is 14.3. The van der Waals surface area contributed by atoms with Gasteiger partial charge in [0.1, 0.15) is 0 Å². The number of likely N-dealkylation sites (tertiary alicyclic amines) is 1. The van der Waals surface area contributed by atoms with Gasteiger partial charge >= 0.3 is 12.2 Å². The van der Waals surface area contributed by atoms with E-state index in [1.54, 1.807) is 18.2 Å². The molecule has 2 aromatic rings. The van der Waals surface area contributed by atoms with E-state index < -0.39 is 11.7 Å². The van der Waals surface area contributed by atoms with Crippen molar-refractivity contribution in [2.24, 2.45) is 0 Å². The Morgan fingerprint density at radius 1 is 1.17 bits per heavy atom. The summed E-state index contributed by atoms with van der Waals surface area (Å²) in [5, 5.41) is 5.62. The Kier molecular flexibility index (Phi) is 8.67. The van der Waals surface area contributed by atoms with Crippen LogP contribution in [0.2, 0.25) is 0 Å². The van der Waals surface area contributed by atoms with E-state index in [9.17, 15) is 18.0 Å². The normalized spacial score (nSPS) is 16.2. The molecule has 3 rings (SSSR count). The Hall–Kier alpha value is -3.07. The van der Waals surface area contributed by atoms with Crippen molar-refractivity contribution in [2.75, 3.05) is 25.5 Å². The zero-order valence-electron chi connectivity index (χ0n) is 16.5. The summed E-state index contributed by atoms with van der Waals surface area (Å²) in [4.78, 5) is 22.9. The summed E-state index contributed by atoms with van der Waals surface area (Å²) in [7, 11) is 1.31. The SMILES string of the molecule is COC=O.O=C(Nc1ccccc1)NC1CCN(Cc2ccccc2C(F)(F)F)C1. The van der Waals surface area contributed by atoms with Crippen molar-refractivity contribution in [3.05, 3.63) is 65.7 Å². The van der Waals surface area contributed by atoms with E-state index in [1.165, 1.54) is 19.2 Å². The molecule has 9 heteroatoms. The monoisotopic (exact) mass is 423 g/mol. The number of alkyl halides is 3. The highest BCUT2D eigenvalue weighted by molar-refractivity contribution is 5.89. The van der Waals surface area contributed by atoms with Crippen LogP contribution in [0, 0.1) is 0 Å². The van der Waals surface area contributed by atoms with Crippen LogP contribution in [0.25, 0.3) is 0 Å². The van der Waals surface area contributed by atoms with E-state index in [4.69, 9.17) is 4.79 Å². The third-order valence-electron chi connectivity index (χ3n) is 4.45. The number of hydrogen-bond donors (Lipinski definition) is 2. The maximum Gasteiger partial charge on any atom is 0.416 e. The highest BCUT2D eigenvalue weighted by Crippen LogP contribution is 2.32. The Morgan fingerprint density at radius 3 is 2.43 bits per heavy atom. The second-order valence-electron chi connectivity index (χ2n) is 6.67. The molecule has 30 heavy (non-hydrogen) atoms. The Bertz CT molecular complexity index is 816. The molecule has 1 aliphatic heterocycles. The van der Waals surface area contributed by atoms with Gasteiger partial charge in [0.05, 0.1) is 12.7 Å². The van der Waals surface area contributed by atoms with Gasteiger partial charge < -0.3 is 15.4 Å². The number of nitrogens with zero attached hydrogens (tertiary/aromatic N) is 1. The molecule has 2 amide bonds. The number of ether oxygens (including phenoxy) is 1. The van der Waals surface area contributed by atoms with E-state index in [0.29, 0.717) is 31.7 Å². The van der Waals surface area contributed by atoms with Gasteiger partial charge in [-0.1, -0.05) is 36.4 Å². The van der Waals surface area contributed by atoms with E-state index >= 15 is 0 Å². The summed E-state index contributed by atoms with van der Waals surface area (Å²) in [6, 6.07) is 14.3. The average Bonchev–Trinajstić information content (AvgIpc) is 3.15. The molecule has 0 spiro atoms. The van der Waals surface area contributed by atoms with E-state index in [2.05, 4.69) is 15.4 Å². The quantitative estimate of drug-likeness (QED) is 0.716. The second kappa shape index (κ2) is 11.2. The third-order valence-corrected chi connectivity index (χ3v) is 4.45. The molecule has 1 unspecified atom stereocenters. The number of carbonyl (C=O) groups is 2. The number of benzene rings is 2. The zero-order chi connectivity index (χ0) is 22.0. The largest absolute Gasteiger partial charge is 0.471 e. The average molecular weight is 423 g/mol. The molecule has 0 radical (unpaired) electrons. The first-order valence-corrected chi connectivity index (χ1v) is 9.30. The van der Waals surface area contributed by atoms with Gasteiger partial charge in [-0.3, -0.25) is 9.69 Å². The molecule has 1 fully saturated rings. The number of halogens is 3. The van der Waals surface area contributed by atoms with Gasteiger partial charge in [0.15, 0.2) is 0 Å². The fourth-order valence-corrected chi connectivity index (χ4v) is 3.14. The maximum atomic E-state index is 13.1. The molecule has 1 heterocycles. The summed E-state index contributed by atoms with van der Waals surface area (Å²) in [5.74, 6) is 0. The number of para-hydroxylation sites is 1. The molecule has 2 N–H and O–H groups in total. The fraction of sp³-hybridized carbons (Fsp3) is 0.333. The second-order valence-corrected chi connectivity index (χ2v) is 6.67. The number of urea groups is 1. The summed E-state index contributed by atoms with van der Waals surface area (Å²) in [5.41, 5.74) is 0.353. The Labute approximate surface area is 173 Å². The van der Waals surface area contributed by atoms with Gasteiger partial charge in [0.25, 0.3) is 6.47 Å². The standard InChI is InChI=1S/C19H20F3N3O.C2H4O2/c20-19(21,22)17-9-5-4-6-14(17)12-25-11-10-16(13-25)24-18(26)23-15-7-2-1-3-8-15;1-4-2-3/h1-9,16H,10-13H2,(H2,23,24,26);2H,1H3. The van der Waals surface area contributed by atoms with E-state index in [0.717, 1.165) is 6.07 Å². The minimum Gasteiger partial charge on any atom is -0.471 e. The third kappa shape index (κ3) is 7.40. The minimum atomic E-state index is -4.36. The van der Waals surface area contributed by atoms with Crippen molar-refractivity contribution in [2.45, 2.75) is 25.2 Å². The van der Waals surface area contributed by atoms with Gasteiger partial charge in [0, 0.05) is 31.4 Å². The number of carbonyl (C=O) groups excluding carboxylic acids is 2. The van der Waals surface area contributed by atoms with Crippen LogP contribution in [0.3, 0.4) is 0 Å². The molecule has 2 aromatic carbocycles. The molecular weight excluding hydrogens is 399 g/mol. The van der Waals surface area contributed by atoms with Crippen LogP contribution >= 0.6 is 0 Å². The van der Waals surface area contributed by atoms with E-state index in [1.807, 2.05) is 23.1 Å². The smallest absolute Gasteiger partial charge is 0.416 e. The van der Waals surface area contributed by atoms with Crippen LogP contribution in [0.1, 0.15) is 17.5 Å². The predicted octanol–water partition coefficient (Wildman–Crippen LogP) is 3.89. The lowest BCUT2D eigenvalue weighted by molar-refractivity contribution is -0.138. The minimum absolute atomic E-state index is 0.0863. The van der Waals surface area contributed by atoms with Crippen molar-refractivity contribution >= 4 is 18.2 Å². The summed E-state index contributed by atoms with van der Waals surface area (Å²) in [6.07, 6.45) is -3.65. The Morgan fingerprint density at radius 2 is 1.80 bits per heavy atom. The van der Waals surface area contributed by atoms with Crippen molar-refractivity contribution in [3.8, 4) is 0 Å². The van der Waals surface area contributed by atoms with Crippen LogP contribution < -0.4 is 10.6 Å². The number of anilines is 1. The lowest BCUT2D eigenvalue weighted by Crippen LogP contribution is -2.39. The van der Waals surface area contributed by atoms with Gasteiger partial charge in [-0.05, 0) is 30.2 Å². The van der Waals surface area contributed by atoms with Gasteiger partial charge in [-0.25, -0.2) is 4.79 Å². The first-order valence-electron chi connectivity index (χ1n) is 9.30. The molecule has 1 atom stereocenters. The summed E-state index contributed by atoms with van der Waals surface area (Å²) in [6.45, 7) is 1.76. The van der Waals surface area contributed by atoms with Crippen LogP contribution in [-0.2, 0) is 22.3 Å². The lowest BCUT2D eigenvalue weighted by Gasteiger charge is -2.20. The molecule has 1 saturated heterocycles. The van der Waals surface area contributed by atoms with Crippen LogP contribution in [-0.4, -0.2) is 43.6 Å². The van der Waals surface area contributed by atoms with Gasteiger partial charge in [0.2, 0.25) is 0 Å². The molecule has 1 aliphatic rings. The number of rotatable bonds is 5. The summed E-state index contributed by atoms with van der Waals surface area (Å²) < 4.78 is 43.1. The van der Waals surface area contributed by atoms with Crippen molar-refractivity contribution in [1.29, 1.82) is 0 Å². The van der Waals surface area contributed by atoms with Gasteiger partial charge in [-0.2, -0.15) is 13.2 Å².